The zero-order valence-corrected chi connectivity index (χ0v) is 19.4. The molecule has 0 spiro atoms. The maximum absolute atomic E-state index is 5.95. The van der Waals surface area contributed by atoms with E-state index in [1.807, 2.05) is 0 Å². The average Bonchev–Trinajstić information content (AvgIpc) is 3.34. The molecule has 0 aromatic rings. The van der Waals surface area contributed by atoms with Crippen molar-refractivity contribution in [2.24, 2.45) is 10.9 Å². The van der Waals surface area contributed by atoms with Gasteiger partial charge in [0.2, 0.25) is 0 Å². The maximum atomic E-state index is 5.95. The molecule has 0 radical (unpaired) electrons. The van der Waals surface area contributed by atoms with Gasteiger partial charge in [-0.1, -0.05) is 0 Å². The van der Waals surface area contributed by atoms with Crippen molar-refractivity contribution in [1.29, 1.82) is 0 Å². The van der Waals surface area contributed by atoms with Gasteiger partial charge in [0, 0.05) is 52.5 Å². The Balaban J connectivity index is 0.00000261. The molecule has 0 aromatic carbocycles. The molecule has 3 saturated heterocycles. The van der Waals surface area contributed by atoms with Crippen LogP contribution in [0.15, 0.2) is 4.99 Å². The van der Waals surface area contributed by atoms with Gasteiger partial charge in [-0.15, -0.1) is 24.0 Å². The molecular weight excluding hydrogens is 455 g/mol. The predicted molar refractivity (Wildman–Crippen MR) is 121 cm³/mol. The third kappa shape index (κ3) is 8.03. The van der Waals surface area contributed by atoms with Crippen molar-refractivity contribution in [2.75, 3.05) is 65.6 Å². The molecular formula is C20H39IN4O2. The second kappa shape index (κ2) is 13.2. The van der Waals surface area contributed by atoms with Crippen molar-refractivity contribution in [1.82, 2.24) is 15.1 Å². The number of ether oxygens (including phenoxy) is 2. The molecule has 27 heavy (non-hydrogen) atoms. The molecule has 0 bridgehead atoms. The fraction of sp³-hybridized carbons (Fsp3) is 0.950. The molecule has 3 fully saturated rings. The SMILES string of the molecule is CCNC(=NCCCOC1CCOCC1)N1CCC(CN2CCCC2)C1.I. The molecule has 1 unspecified atom stereocenters. The van der Waals surface area contributed by atoms with E-state index in [1.54, 1.807) is 0 Å². The second-order valence-corrected chi connectivity index (χ2v) is 7.88. The molecule has 1 atom stereocenters. The number of nitrogens with one attached hydrogen (secondary N) is 1. The van der Waals surface area contributed by atoms with Gasteiger partial charge in [0.25, 0.3) is 0 Å². The van der Waals surface area contributed by atoms with Gasteiger partial charge in [-0.2, -0.15) is 0 Å². The van der Waals surface area contributed by atoms with E-state index in [0.717, 1.165) is 77.1 Å². The monoisotopic (exact) mass is 494 g/mol. The lowest BCUT2D eigenvalue weighted by Gasteiger charge is -2.24. The van der Waals surface area contributed by atoms with Crippen molar-refractivity contribution < 1.29 is 9.47 Å². The highest BCUT2D eigenvalue weighted by Gasteiger charge is 2.27. The van der Waals surface area contributed by atoms with E-state index in [1.165, 1.54) is 38.9 Å². The summed E-state index contributed by atoms with van der Waals surface area (Å²) < 4.78 is 11.3. The molecule has 0 amide bonds. The largest absolute Gasteiger partial charge is 0.381 e. The first-order chi connectivity index (χ1) is 12.8. The summed E-state index contributed by atoms with van der Waals surface area (Å²) in [5.41, 5.74) is 0. The van der Waals surface area contributed by atoms with Crippen LogP contribution in [0.5, 0.6) is 0 Å². The van der Waals surface area contributed by atoms with Crippen molar-refractivity contribution in [3.8, 4) is 0 Å². The Morgan fingerprint density at radius 1 is 1.15 bits per heavy atom. The van der Waals surface area contributed by atoms with Crippen LogP contribution in [0.4, 0.5) is 0 Å². The molecule has 6 nitrogen and oxygen atoms in total. The minimum Gasteiger partial charge on any atom is -0.381 e. The molecule has 7 heteroatoms. The van der Waals surface area contributed by atoms with Gasteiger partial charge in [0.1, 0.15) is 0 Å². The van der Waals surface area contributed by atoms with E-state index in [9.17, 15) is 0 Å². The highest BCUT2D eigenvalue weighted by Crippen LogP contribution is 2.20. The smallest absolute Gasteiger partial charge is 0.193 e. The predicted octanol–water partition coefficient (Wildman–Crippen LogP) is 2.57. The van der Waals surface area contributed by atoms with E-state index in [4.69, 9.17) is 14.5 Å². The summed E-state index contributed by atoms with van der Waals surface area (Å²) in [6.45, 7) is 12.6. The summed E-state index contributed by atoms with van der Waals surface area (Å²) in [6, 6.07) is 0. The number of hydrogen-bond acceptors (Lipinski definition) is 4. The Hall–Kier alpha value is -0.120. The third-order valence-corrected chi connectivity index (χ3v) is 5.72. The molecule has 0 aliphatic carbocycles. The van der Waals surface area contributed by atoms with Crippen LogP contribution in [0.25, 0.3) is 0 Å². The van der Waals surface area contributed by atoms with Crippen LogP contribution in [0, 0.1) is 5.92 Å². The Morgan fingerprint density at radius 2 is 1.93 bits per heavy atom. The van der Waals surface area contributed by atoms with Gasteiger partial charge >= 0.3 is 0 Å². The number of nitrogens with zero attached hydrogens (tertiary/aromatic N) is 3. The zero-order chi connectivity index (χ0) is 18.0. The maximum Gasteiger partial charge on any atom is 0.193 e. The van der Waals surface area contributed by atoms with Gasteiger partial charge in [0.05, 0.1) is 6.10 Å². The molecule has 3 rings (SSSR count). The van der Waals surface area contributed by atoms with Crippen LogP contribution < -0.4 is 5.32 Å². The van der Waals surface area contributed by atoms with Crippen LogP contribution in [0.2, 0.25) is 0 Å². The average molecular weight is 494 g/mol. The minimum atomic E-state index is 0. The van der Waals surface area contributed by atoms with Crippen LogP contribution in [-0.2, 0) is 9.47 Å². The highest BCUT2D eigenvalue weighted by molar-refractivity contribution is 14.0. The van der Waals surface area contributed by atoms with Crippen LogP contribution >= 0.6 is 24.0 Å². The highest BCUT2D eigenvalue weighted by atomic mass is 127. The van der Waals surface area contributed by atoms with Crippen molar-refractivity contribution in [3.05, 3.63) is 0 Å². The summed E-state index contributed by atoms with van der Waals surface area (Å²) in [7, 11) is 0. The normalized spacial score (nSPS) is 25.0. The van der Waals surface area contributed by atoms with E-state index in [-0.39, 0.29) is 24.0 Å². The second-order valence-electron chi connectivity index (χ2n) is 7.88. The standard InChI is InChI=1S/C20H38N4O2.HI/c1-2-21-20(22-9-5-13-26-19-7-14-25-15-8-19)24-12-6-18(17-24)16-23-10-3-4-11-23;/h18-19H,2-17H2,1H3,(H,21,22);1H. The summed E-state index contributed by atoms with van der Waals surface area (Å²) >= 11 is 0. The molecule has 158 valence electrons. The fourth-order valence-corrected chi connectivity index (χ4v) is 4.27. The molecule has 3 aliphatic rings. The molecule has 3 heterocycles. The number of guanidine groups is 1. The van der Waals surface area contributed by atoms with Gasteiger partial charge in [-0.3, -0.25) is 4.99 Å². The fourth-order valence-electron chi connectivity index (χ4n) is 4.27. The Kier molecular flexibility index (Phi) is 11.3. The van der Waals surface area contributed by atoms with E-state index in [2.05, 4.69) is 22.0 Å². The van der Waals surface area contributed by atoms with Crippen LogP contribution in [0.1, 0.15) is 45.4 Å². The minimum absolute atomic E-state index is 0. The molecule has 0 aromatic heterocycles. The van der Waals surface area contributed by atoms with Crippen molar-refractivity contribution in [3.63, 3.8) is 0 Å². The Bertz CT molecular complexity index is 426. The first-order valence-electron chi connectivity index (χ1n) is 10.8. The summed E-state index contributed by atoms with van der Waals surface area (Å²) in [4.78, 5) is 9.96. The van der Waals surface area contributed by atoms with Gasteiger partial charge in [-0.25, -0.2) is 0 Å². The lowest BCUT2D eigenvalue weighted by atomic mass is 10.1. The van der Waals surface area contributed by atoms with Gasteiger partial charge in [-0.05, 0) is 64.5 Å². The summed E-state index contributed by atoms with van der Waals surface area (Å²) in [5.74, 6) is 1.90. The van der Waals surface area contributed by atoms with Crippen molar-refractivity contribution in [2.45, 2.75) is 51.6 Å². The van der Waals surface area contributed by atoms with Crippen molar-refractivity contribution >= 4 is 29.9 Å². The lowest BCUT2D eigenvalue weighted by Crippen LogP contribution is -2.40. The molecule has 1 N–H and O–H groups in total. The summed E-state index contributed by atoms with van der Waals surface area (Å²) in [5, 5.41) is 3.48. The van der Waals surface area contributed by atoms with Crippen LogP contribution in [0.3, 0.4) is 0 Å². The molecule has 3 aliphatic heterocycles. The number of rotatable bonds is 8. The van der Waals surface area contributed by atoms with E-state index < -0.39 is 0 Å². The first-order valence-corrected chi connectivity index (χ1v) is 10.8. The first kappa shape index (κ1) is 23.2. The number of likely N-dealkylation sites (tertiary alicyclic amines) is 2. The van der Waals surface area contributed by atoms with E-state index in [0.29, 0.717) is 6.10 Å². The van der Waals surface area contributed by atoms with Crippen LogP contribution in [-0.4, -0.2) is 87.5 Å². The number of halogens is 1. The van der Waals surface area contributed by atoms with Gasteiger partial charge < -0.3 is 24.6 Å². The zero-order valence-electron chi connectivity index (χ0n) is 17.0. The Labute approximate surface area is 182 Å². The number of hydrogen-bond donors (Lipinski definition) is 1. The third-order valence-electron chi connectivity index (χ3n) is 5.72. The van der Waals surface area contributed by atoms with E-state index >= 15 is 0 Å². The summed E-state index contributed by atoms with van der Waals surface area (Å²) in [6.07, 6.45) is 7.54. The lowest BCUT2D eigenvalue weighted by molar-refractivity contribution is -0.0318. The quantitative estimate of drug-likeness (QED) is 0.243. The topological polar surface area (TPSA) is 49.3 Å². The Morgan fingerprint density at radius 3 is 2.67 bits per heavy atom. The van der Waals surface area contributed by atoms with Gasteiger partial charge in [0.15, 0.2) is 5.96 Å². The number of aliphatic imine (C=N–C) groups is 1. The molecule has 0 saturated carbocycles.